The Morgan fingerprint density at radius 1 is 1.56 bits per heavy atom. The van der Waals surface area contributed by atoms with Crippen molar-refractivity contribution in [2.24, 2.45) is 11.8 Å². The minimum Gasteiger partial charge on any atom is -0.331 e. The number of nitrogens with one attached hydrogen (secondary N) is 2. The fourth-order valence-corrected chi connectivity index (χ4v) is 2.80. The molecule has 2 rings (SSSR count). The van der Waals surface area contributed by atoms with E-state index in [1.54, 1.807) is 0 Å². The number of hydrogen-bond donors (Lipinski definition) is 3. The number of amides is 1. The Kier molecular flexibility index (Phi) is 4.58. The predicted octanol–water partition coefficient (Wildman–Crippen LogP) is 0.125. The van der Waals surface area contributed by atoms with Crippen molar-refractivity contribution in [1.29, 1.82) is 0 Å². The molecule has 0 aromatic heterocycles. The van der Waals surface area contributed by atoms with Crippen LogP contribution >= 0.6 is 11.6 Å². The number of carbonyl (C=O) groups is 1. The van der Waals surface area contributed by atoms with Gasteiger partial charge in [0.25, 0.3) is 0 Å². The van der Waals surface area contributed by atoms with Gasteiger partial charge in [0.05, 0.1) is 19.0 Å². The minimum atomic E-state index is -0.0432. The molecule has 1 amide bonds. The van der Waals surface area contributed by atoms with Crippen LogP contribution in [0.1, 0.15) is 18.4 Å². The molecule has 5 heteroatoms. The molecular weight excluding hydrogens is 250 g/mol. The molecule has 1 saturated heterocycles. The summed E-state index contributed by atoms with van der Waals surface area (Å²) in [6.45, 7) is 2.85. The molecule has 0 spiro atoms. The van der Waals surface area contributed by atoms with Gasteiger partial charge in [-0.15, -0.1) is 0 Å². The lowest BCUT2D eigenvalue weighted by Gasteiger charge is -2.28. The van der Waals surface area contributed by atoms with E-state index in [1.165, 1.54) is 10.5 Å². The number of rotatable bonds is 3. The zero-order valence-electron chi connectivity index (χ0n) is 10.3. The monoisotopic (exact) mass is 268 g/mol. The lowest BCUT2D eigenvalue weighted by Crippen LogP contribution is -3.12. The maximum absolute atomic E-state index is 11.5. The number of quaternary nitrogens is 1. The fourth-order valence-electron chi connectivity index (χ4n) is 2.59. The molecule has 18 heavy (non-hydrogen) atoms. The Balaban J connectivity index is 1.95. The summed E-state index contributed by atoms with van der Waals surface area (Å²) in [7, 11) is 0. The van der Waals surface area contributed by atoms with Gasteiger partial charge in [-0.3, -0.25) is 10.2 Å². The van der Waals surface area contributed by atoms with E-state index in [4.69, 9.17) is 17.4 Å². The molecule has 1 aliphatic heterocycles. The number of likely N-dealkylation sites (tertiary alicyclic amines) is 1. The van der Waals surface area contributed by atoms with Crippen molar-refractivity contribution in [1.82, 2.24) is 5.43 Å². The van der Waals surface area contributed by atoms with Gasteiger partial charge in [-0.25, -0.2) is 5.84 Å². The highest BCUT2D eigenvalue weighted by Crippen LogP contribution is 2.11. The summed E-state index contributed by atoms with van der Waals surface area (Å²) >= 11 is 5.97. The number of piperidine rings is 1. The lowest BCUT2D eigenvalue weighted by molar-refractivity contribution is -0.921. The third kappa shape index (κ3) is 3.45. The zero-order valence-corrected chi connectivity index (χ0v) is 11.0. The van der Waals surface area contributed by atoms with E-state index in [1.807, 2.05) is 18.2 Å². The molecule has 1 fully saturated rings. The van der Waals surface area contributed by atoms with Crippen molar-refractivity contribution in [3.05, 3.63) is 34.9 Å². The number of nitrogens with two attached hydrogens (primary N) is 1. The quantitative estimate of drug-likeness (QED) is 0.415. The first-order valence-corrected chi connectivity index (χ1v) is 6.65. The molecule has 4 N–H and O–H groups in total. The van der Waals surface area contributed by atoms with Gasteiger partial charge < -0.3 is 4.90 Å². The summed E-state index contributed by atoms with van der Waals surface area (Å²) in [5, 5.41) is 0.764. The van der Waals surface area contributed by atoms with Gasteiger partial charge >= 0.3 is 0 Å². The van der Waals surface area contributed by atoms with Crippen LogP contribution in [0, 0.1) is 5.92 Å². The summed E-state index contributed by atoms with van der Waals surface area (Å²) in [5.41, 5.74) is 3.47. The molecule has 98 valence electrons. The Morgan fingerprint density at radius 3 is 3.11 bits per heavy atom. The second-order valence-corrected chi connectivity index (χ2v) is 5.29. The second kappa shape index (κ2) is 6.18. The molecule has 1 aliphatic rings. The maximum atomic E-state index is 11.5. The van der Waals surface area contributed by atoms with Crippen LogP contribution in [0.5, 0.6) is 0 Å². The van der Waals surface area contributed by atoms with E-state index in [0.29, 0.717) is 0 Å². The first-order valence-electron chi connectivity index (χ1n) is 6.27. The summed E-state index contributed by atoms with van der Waals surface area (Å²) in [5.74, 6) is 5.19. The molecule has 2 atom stereocenters. The number of halogens is 1. The number of hydrazine groups is 1. The molecule has 1 unspecified atom stereocenters. The van der Waals surface area contributed by atoms with Gasteiger partial charge in [-0.1, -0.05) is 23.7 Å². The van der Waals surface area contributed by atoms with Crippen molar-refractivity contribution >= 4 is 17.5 Å². The topological polar surface area (TPSA) is 59.6 Å². The smallest absolute Gasteiger partial charge is 0.242 e. The third-order valence-corrected chi connectivity index (χ3v) is 3.71. The van der Waals surface area contributed by atoms with Crippen LogP contribution < -0.4 is 16.2 Å². The molecule has 0 saturated carbocycles. The highest BCUT2D eigenvalue weighted by atomic mass is 35.5. The average molecular weight is 269 g/mol. The normalized spacial score (nSPS) is 23.7. The number of hydrogen-bond acceptors (Lipinski definition) is 2. The highest BCUT2D eigenvalue weighted by Gasteiger charge is 2.28. The number of benzene rings is 1. The van der Waals surface area contributed by atoms with Gasteiger partial charge in [-0.05, 0) is 25.0 Å². The van der Waals surface area contributed by atoms with E-state index < -0.39 is 0 Å². The molecule has 0 radical (unpaired) electrons. The fraction of sp³-hybridized carbons (Fsp3) is 0.462. The standard InChI is InChI=1S/C13H18ClN3O/c14-12-5-1-3-10(7-12)8-17-6-2-4-11(9-17)13(18)16-15/h1,3,5,7,11H,2,4,6,8-9,15H2,(H,16,18)/p+1/t11-/m0/s1. The average Bonchev–Trinajstić information content (AvgIpc) is 2.38. The van der Waals surface area contributed by atoms with Gasteiger partial charge in [0.2, 0.25) is 5.91 Å². The molecular formula is C13H19ClN3O+. The van der Waals surface area contributed by atoms with Crippen molar-refractivity contribution in [3.8, 4) is 0 Å². The van der Waals surface area contributed by atoms with E-state index >= 15 is 0 Å². The van der Waals surface area contributed by atoms with Crippen LogP contribution in [0.25, 0.3) is 0 Å². The largest absolute Gasteiger partial charge is 0.331 e. The molecule has 0 bridgehead atoms. The van der Waals surface area contributed by atoms with E-state index in [9.17, 15) is 4.79 Å². The molecule has 4 nitrogen and oxygen atoms in total. The van der Waals surface area contributed by atoms with Crippen molar-refractivity contribution in [2.45, 2.75) is 19.4 Å². The highest BCUT2D eigenvalue weighted by molar-refractivity contribution is 6.30. The van der Waals surface area contributed by atoms with Crippen LogP contribution in [0.15, 0.2) is 24.3 Å². The Morgan fingerprint density at radius 2 is 2.39 bits per heavy atom. The van der Waals surface area contributed by atoms with Crippen molar-refractivity contribution in [3.63, 3.8) is 0 Å². The predicted molar refractivity (Wildman–Crippen MR) is 70.9 cm³/mol. The van der Waals surface area contributed by atoms with Gasteiger partial charge in [0, 0.05) is 10.6 Å². The SMILES string of the molecule is NNC(=O)[C@H]1CCC[NH+](Cc2cccc(Cl)c2)C1. The van der Waals surface area contributed by atoms with Gasteiger partial charge in [0.1, 0.15) is 6.54 Å². The van der Waals surface area contributed by atoms with Crippen molar-refractivity contribution < 1.29 is 9.69 Å². The van der Waals surface area contributed by atoms with Gasteiger partial charge in [-0.2, -0.15) is 0 Å². The molecule has 1 aromatic carbocycles. The van der Waals surface area contributed by atoms with Gasteiger partial charge in [0.15, 0.2) is 0 Å². The maximum Gasteiger partial charge on any atom is 0.242 e. The Bertz CT molecular complexity index is 424. The van der Waals surface area contributed by atoms with Crippen LogP contribution in [-0.4, -0.2) is 19.0 Å². The Hall–Kier alpha value is -1.10. The summed E-state index contributed by atoms with van der Waals surface area (Å²) in [6.07, 6.45) is 2.00. The molecule has 1 aromatic rings. The minimum absolute atomic E-state index is 0.0398. The third-order valence-electron chi connectivity index (χ3n) is 3.47. The lowest BCUT2D eigenvalue weighted by atomic mass is 9.97. The molecule has 1 heterocycles. The first-order chi connectivity index (χ1) is 8.69. The van der Waals surface area contributed by atoms with E-state index in [2.05, 4.69) is 11.5 Å². The van der Waals surface area contributed by atoms with E-state index in [-0.39, 0.29) is 11.8 Å². The molecule has 0 aliphatic carbocycles. The van der Waals surface area contributed by atoms with E-state index in [0.717, 1.165) is 37.5 Å². The summed E-state index contributed by atoms with van der Waals surface area (Å²) < 4.78 is 0. The van der Waals surface area contributed by atoms with Crippen LogP contribution in [0.3, 0.4) is 0 Å². The second-order valence-electron chi connectivity index (χ2n) is 4.86. The van der Waals surface area contributed by atoms with Crippen LogP contribution in [0.2, 0.25) is 5.02 Å². The number of carbonyl (C=O) groups excluding carboxylic acids is 1. The van der Waals surface area contributed by atoms with Crippen molar-refractivity contribution in [2.75, 3.05) is 13.1 Å². The Labute approximate surface area is 112 Å². The summed E-state index contributed by atoms with van der Waals surface area (Å²) in [4.78, 5) is 13.0. The first kappa shape index (κ1) is 13.3. The summed E-state index contributed by atoms with van der Waals surface area (Å²) in [6, 6.07) is 7.90. The zero-order chi connectivity index (χ0) is 13.0. The van der Waals surface area contributed by atoms with Crippen LogP contribution in [0.4, 0.5) is 0 Å². The van der Waals surface area contributed by atoms with Crippen LogP contribution in [-0.2, 0) is 11.3 Å².